The Kier molecular flexibility index (Phi) is 5.25. The van der Waals surface area contributed by atoms with E-state index in [2.05, 4.69) is 65.6 Å². The monoisotopic (exact) mass is 295 g/mol. The molecule has 0 amide bonds. The molecular formula is C20H25NO. The van der Waals surface area contributed by atoms with Crippen molar-refractivity contribution < 1.29 is 5.11 Å². The largest absolute Gasteiger partial charge is 0.396 e. The maximum Gasteiger partial charge on any atom is 0.0459 e. The topological polar surface area (TPSA) is 23.5 Å². The molecule has 1 unspecified atom stereocenters. The van der Waals surface area contributed by atoms with Gasteiger partial charge in [-0.2, -0.15) is 0 Å². The second-order valence-corrected chi connectivity index (χ2v) is 6.39. The fraction of sp³-hybridized carbons (Fsp3) is 0.400. The van der Waals surface area contributed by atoms with Crippen molar-refractivity contribution in [3.05, 3.63) is 71.8 Å². The SMILES string of the molecule is OCC1CC[C@@H](N(Cc2ccccc2)Cc2ccccc2)C1. The van der Waals surface area contributed by atoms with Crippen molar-refractivity contribution in [2.45, 2.75) is 38.4 Å². The molecule has 2 nitrogen and oxygen atoms in total. The summed E-state index contributed by atoms with van der Waals surface area (Å²) in [7, 11) is 0. The second kappa shape index (κ2) is 7.57. The first-order chi connectivity index (χ1) is 10.8. The van der Waals surface area contributed by atoms with Crippen molar-refractivity contribution in [2.75, 3.05) is 6.61 Å². The Bertz CT molecular complexity index is 513. The molecule has 0 saturated heterocycles. The van der Waals surface area contributed by atoms with Gasteiger partial charge in [0.15, 0.2) is 0 Å². The van der Waals surface area contributed by atoms with Gasteiger partial charge in [-0.05, 0) is 36.3 Å². The predicted molar refractivity (Wildman–Crippen MR) is 90.3 cm³/mol. The summed E-state index contributed by atoms with van der Waals surface area (Å²) in [4.78, 5) is 2.58. The molecule has 2 aromatic carbocycles. The normalized spacial score (nSPS) is 21.4. The highest BCUT2D eigenvalue weighted by molar-refractivity contribution is 5.17. The highest BCUT2D eigenvalue weighted by atomic mass is 16.3. The van der Waals surface area contributed by atoms with E-state index in [4.69, 9.17) is 0 Å². The fourth-order valence-electron chi connectivity index (χ4n) is 3.50. The molecule has 1 fully saturated rings. The van der Waals surface area contributed by atoms with Gasteiger partial charge in [-0.3, -0.25) is 4.90 Å². The molecule has 0 bridgehead atoms. The Morgan fingerprint density at radius 2 is 1.36 bits per heavy atom. The van der Waals surface area contributed by atoms with Gasteiger partial charge in [-0.25, -0.2) is 0 Å². The lowest BCUT2D eigenvalue weighted by Gasteiger charge is -2.29. The molecular weight excluding hydrogens is 270 g/mol. The molecule has 1 aliphatic carbocycles. The van der Waals surface area contributed by atoms with Crippen molar-refractivity contribution >= 4 is 0 Å². The van der Waals surface area contributed by atoms with Crippen molar-refractivity contribution in [3.8, 4) is 0 Å². The summed E-state index contributed by atoms with van der Waals surface area (Å²) >= 11 is 0. The fourth-order valence-corrected chi connectivity index (χ4v) is 3.50. The molecule has 22 heavy (non-hydrogen) atoms. The Labute approximate surface area is 133 Å². The lowest BCUT2D eigenvalue weighted by Crippen LogP contribution is -2.32. The molecule has 116 valence electrons. The highest BCUT2D eigenvalue weighted by Crippen LogP contribution is 2.31. The predicted octanol–water partition coefficient (Wildman–Crippen LogP) is 3.85. The van der Waals surface area contributed by atoms with Crippen LogP contribution in [0.1, 0.15) is 30.4 Å². The van der Waals surface area contributed by atoms with Gasteiger partial charge in [0.1, 0.15) is 0 Å². The van der Waals surface area contributed by atoms with Crippen molar-refractivity contribution in [1.82, 2.24) is 4.90 Å². The van der Waals surface area contributed by atoms with E-state index in [1.54, 1.807) is 0 Å². The Balaban J connectivity index is 1.73. The zero-order chi connectivity index (χ0) is 15.2. The molecule has 1 saturated carbocycles. The number of hydrogen-bond donors (Lipinski definition) is 1. The molecule has 0 heterocycles. The molecule has 0 aromatic heterocycles. The van der Waals surface area contributed by atoms with Gasteiger partial charge in [-0.1, -0.05) is 60.7 Å². The van der Waals surface area contributed by atoms with E-state index in [1.165, 1.54) is 17.5 Å². The van der Waals surface area contributed by atoms with Crippen LogP contribution < -0.4 is 0 Å². The van der Waals surface area contributed by atoms with Gasteiger partial charge < -0.3 is 5.11 Å². The molecule has 2 heteroatoms. The smallest absolute Gasteiger partial charge is 0.0459 e. The Morgan fingerprint density at radius 3 is 1.82 bits per heavy atom. The maximum atomic E-state index is 9.43. The highest BCUT2D eigenvalue weighted by Gasteiger charge is 2.28. The van der Waals surface area contributed by atoms with Crippen LogP contribution in [0.2, 0.25) is 0 Å². The summed E-state index contributed by atoms with van der Waals surface area (Å²) in [5.41, 5.74) is 2.73. The number of aliphatic hydroxyl groups is 1. The van der Waals surface area contributed by atoms with Crippen LogP contribution in [-0.2, 0) is 13.1 Å². The summed E-state index contributed by atoms with van der Waals surface area (Å²) in [6, 6.07) is 22.0. The van der Waals surface area contributed by atoms with Crippen molar-refractivity contribution in [2.24, 2.45) is 5.92 Å². The van der Waals surface area contributed by atoms with E-state index in [-0.39, 0.29) is 0 Å². The van der Waals surface area contributed by atoms with Crippen LogP contribution in [-0.4, -0.2) is 22.7 Å². The van der Waals surface area contributed by atoms with E-state index in [0.29, 0.717) is 18.6 Å². The van der Waals surface area contributed by atoms with Crippen LogP contribution in [0.3, 0.4) is 0 Å². The lowest BCUT2D eigenvalue weighted by molar-refractivity contribution is 0.165. The molecule has 1 aliphatic rings. The van der Waals surface area contributed by atoms with E-state index >= 15 is 0 Å². The average Bonchev–Trinajstić information content (AvgIpc) is 3.05. The molecule has 3 rings (SSSR count). The molecule has 1 N–H and O–H groups in total. The Hall–Kier alpha value is -1.64. The van der Waals surface area contributed by atoms with Gasteiger partial charge in [0.05, 0.1) is 0 Å². The van der Waals surface area contributed by atoms with Crippen LogP contribution in [0.15, 0.2) is 60.7 Å². The van der Waals surface area contributed by atoms with Crippen LogP contribution in [0, 0.1) is 5.92 Å². The van der Waals surface area contributed by atoms with Crippen LogP contribution >= 0.6 is 0 Å². The summed E-state index contributed by atoms with van der Waals surface area (Å²) in [5, 5.41) is 9.43. The molecule has 2 aromatic rings. The van der Waals surface area contributed by atoms with E-state index in [9.17, 15) is 5.11 Å². The van der Waals surface area contributed by atoms with Crippen LogP contribution in [0.4, 0.5) is 0 Å². The Morgan fingerprint density at radius 1 is 0.818 bits per heavy atom. The van der Waals surface area contributed by atoms with Gasteiger partial charge in [0.2, 0.25) is 0 Å². The first kappa shape index (κ1) is 15.3. The van der Waals surface area contributed by atoms with Crippen LogP contribution in [0.25, 0.3) is 0 Å². The molecule has 0 radical (unpaired) electrons. The minimum Gasteiger partial charge on any atom is -0.396 e. The van der Waals surface area contributed by atoms with Gasteiger partial charge in [-0.15, -0.1) is 0 Å². The zero-order valence-corrected chi connectivity index (χ0v) is 13.1. The number of benzene rings is 2. The number of rotatable bonds is 6. The number of nitrogens with zero attached hydrogens (tertiary/aromatic N) is 1. The standard InChI is InChI=1S/C20H25NO/c22-16-19-11-12-20(13-19)21(14-17-7-3-1-4-8-17)15-18-9-5-2-6-10-18/h1-10,19-20,22H,11-16H2/t19?,20-/m1/s1. The van der Waals surface area contributed by atoms with Crippen molar-refractivity contribution in [1.29, 1.82) is 0 Å². The number of hydrogen-bond acceptors (Lipinski definition) is 2. The first-order valence-electron chi connectivity index (χ1n) is 8.28. The third-order valence-corrected chi connectivity index (χ3v) is 4.75. The zero-order valence-electron chi connectivity index (χ0n) is 13.1. The average molecular weight is 295 g/mol. The summed E-state index contributed by atoms with van der Waals surface area (Å²) < 4.78 is 0. The van der Waals surface area contributed by atoms with E-state index < -0.39 is 0 Å². The van der Waals surface area contributed by atoms with Gasteiger partial charge in [0.25, 0.3) is 0 Å². The quantitative estimate of drug-likeness (QED) is 0.875. The van der Waals surface area contributed by atoms with Crippen molar-refractivity contribution in [3.63, 3.8) is 0 Å². The minimum absolute atomic E-state index is 0.334. The van der Waals surface area contributed by atoms with E-state index in [0.717, 1.165) is 25.9 Å². The third-order valence-electron chi connectivity index (χ3n) is 4.75. The second-order valence-electron chi connectivity index (χ2n) is 6.39. The molecule has 2 atom stereocenters. The van der Waals surface area contributed by atoms with E-state index in [1.807, 2.05) is 0 Å². The number of aliphatic hydroxyl groups excluding tert-OH is 1. The molecule has 0 aliphatic heterocycles. The lowest BCUT2D eigenvalue weighted by atomic mass is 10.1. The van der Waals surface area contributed by atoms with Crippen LogP contribution in [0.5, 0.6) is 0 Å². The first-order valence-corrected chi connectivity index (χ1v) is 8.28. The summed E-state index contributed by atoms with van der Waals surface area (Å²) in [6.45, 7) is 2.30. The van der Waals surface area contributed by atoms with Gasteiger partial charge >= 0.3 is 0 Å². The maximum absolute atomic E-state index is 9.43. The molecule has 0 spiro atoms. The minimum atomic E-state index is 0.334. The third kappa shape index (κ3) is 3.96. The summed E-state index contributed by atoms with van der Waals surface area (Å²) in [6.07, 6.45) is 3.47. The van der Waals surface area contributed by atoms with Gasteiger partial charge in [0, 0.05) is 25.7 Å². The summed E-state index contributed by atoms with van der Waals surface area (Å²) in [5.74, 6) is 0.485.